The first-order chi connectivity index (χ1) is 10.1. The fourth-order valence-electron chi connectivity index (χ4n) is 3.05. The molecule has 21 heavy (non-hydrogen) atoms. The number of hydrogen-bond donors (Lipinski definition) is 1. The third kappa shape index (κ3) is 3.39. The molecule has 112 valence electrons. The van der Waals surface area contributed by atoms with Crippen LogP contribution < -0.4 is 5.73 Å². The fraction of sp³-hybridized carbons (Fsp3) is 0.412. The molecule has 0 fully saturated rings. The van der Waals surface area contributed by atoms with E-state index in [4.69, 9.17) is 5.73 Å². The van der Waals surface area contributed by atoms with E-state index in [-0.39, 0.29) is 6.04 Å². The Bertz CT molecular complexity index is 593. The van der Waals surface area contributed by atoms with Crippen LogP contribution in [0.3, 0.4) is 0 Å². The monoisotopic (exact) mass is 364 g/mol. The summed E-state index contributed by atoms with van der Waals surface area (Å²) in [4.78, 5) is 4.13. The molecule has 1 aliphatic rings. The number of nitrogens with zero attached hydrogens (tertiary/aromatic N) is 1. The van der Waals surface area contributed by atoms with Crippen molar-refractivity contribution >= 4 is 27.3 Å². The number of benzene rings is 1. The molecule has 0 bridgehead atoms. The van der Waals surface area contributed by atoms with Crippen LogP contribution in [0, 0.1) is 0 Å². The number of fused-ring (bicyclic) bond motifs is 1. The Hall–Kier alpha value is -0.680. The van der Waals surface area contributed by atoms with Crippen LogP contribution in [0.4, 0.5) is 0 Å². The van der Waals surface area contributed by atoms with Gasteiger partial charge >= 0.3 is 0 Å². The summed E-state index contributed by atoms with van der Waals surface area (Å²) in [5, 5.41) is 2.22. The maximum Gasteiger partial charge on any atom is 0.0331 e. The molecule has 2 unspecified atom stereocenters. The van der Waals surface area contributed by atoms with Crippen molar-refractivity contribution in [3.63, 3.8) is 0 Å². The third-order valence-corrected chi connectivity index (χ3v) is 5.95. The van der Waals surface area contributed by atoms with Crippen LogP contribution in [0.25, 0.3) is 0 Å². The minimum absolute atomic E-state index is 0.120. The van der Waals surface area contributed by atoms with E-state index in [1.54, 1.807) is 4.88 Å². The van der Waals surface area contributed by atoms with E-state index < -0.39 is 0 Å². The minimum Gasteiger partial charge on any atom is -0.324 e. The van der Waals surface area contributed by atoms with Gasteiger partial charge in [0.1, 0.15) is 0 Å². The summed E-state index contributed by atoms with van der Waals surface area (Å²) < 4.78 is 1.10. The predicted octanol–water partition coefficient (Wildman–Crippen LogP) is 4.52. The Kier molecular flexibility index (Phi) is 4.79. The zero-order valence-electron chi connectivity index (χ0n) is 12.3. The van der Waals surface area contributed by atoms with Crippen LogP contribution in [0.2, 0.25) is 0 Å². The molecule has 2 aromatic rings. The maximum atomic E-state index is 6.34. The Morgan fingerprint density at radius 2 is 2.10 bits per heavy atom. The molecule has 1 aliphatic heterocycles. The first-order valence-electron chi connectivity index (χ1n) is 7.46. The van der Waals surface area contributed by atoms with E-state index in [0.29, 0.717) is 6.04 Å². The molecule has 0 saturated heterocycles. The number of nitrogens with two attached hydrogens (primary N) is 1. The summed E-state index contributed by atoms with van der Waals surface area (Å²) in [6, 6.07) is 11.3. The van der Waals surface area contributed by atoms with Gasteiger partial charge in [-0.1, -0.05) is 28.1 Å². The van der Waals surface area contributed by atoms with Crippen molar-refractivity contribution in [2.24, 2.45) is 5.73 Å². The third-order valence-electron chi connectivity index (χ3n) is 4.43. The first kappa shape index (κ1) is 15.2. The molecule has 0 saturated carbocycles. The highest BCUT2D eigenvalue weighted by Crippen LogP contribution is 2.33. The van der Waals surface area contributed by atoms with Gasteiger partial charge in [-0.2, -0.15) is 0 Å². The van der Waals surface area contributed by atoms with Gasteiger partial charge in [-0.05, 0) is 54.5 Å². The summed E-state index contributed by atoms with van der Waals surface area (Å²) in [5.74, 6) is 0. The molecule has 0 aliphatic carbocycles. The zero-order valence-corrected chi connectivity index (χ0v) is 14.7. The van der Waals surface area contributed by atoms with Crippen LogP contribution in [-0.2, 0) is 6.42 Å². The van der Waals surface area contributed by atoms with Crippen molar-refractivity contribution < 1.29 is 0 Å². The number of hydrogen-bond acceptors (Lipinski definition) is 3. The summed E-state index contributed by atoms with van der Waals surface area (Å²) >= 11 is 5.37. The fourth-order valence-corrected chi connectivity index (χ4v) is 4.28. The van der Waals surface area contributed by atoms with Gasteiger partial charge in [0.15, 0.2) is 0 Å². The predicted molar refractivity (Wildman–Crippen MR) is 93.7 cm³/mol. The van der Waals surface area contributed by atoms with Gasteiger partial charge in [0.25, 0.3) is 0 Å². The normalized spacial score (nSPS) is 20.2. The van der Waals surface area contributed by atoms with Crippen molar-refractivity contribution in [2.75, 3.05) is 13.1 Å². The maximum absolute atomic E-state index is 6.34. The van der Waals surface area contributed by atoms with Gasteiger partial charge in [0.05, 0.1) is 0 Å². The van der Waals surface area contributed by atoms with Gasteiger partial charge in [-0.15, -0.1) is 11.3 Å². The molecule has 2 nitrogen and oxygen atoms in total. The summed E-state index contributed by atoms with van der Waals surface area (Å²) in [7, 11) is 0. The topological polar surface area (TPSA) is 29.3 Å². The molecule has 1 aromatic carbocycles. The Labute approximate surface area is 139 Å². The van der Waals surface area contributed by atoms with Crippen molar-refractivity contribution in [3.05, 3.63) is 56.2 Å². The van der Waals surface area contributed by atoms with Crippen LogP contribution in [0.1, 0.15) is 41.4 Å². The Morgan fingerprint density at radius 1 is 1.33 bits per heavy atom. The zero-order chi connectivity index (χ0) is 14.8. The number of thiophene rings is 1. The number of halogens is 1. The van der Waals surface area contributed by atoms with Crippen molar-refractivity contribution in [1.82, 2.24) is 4.90 Å². The molecular weight excluding hydrogens is 344 g/mol. The van der Waals surface area contributed by atoms with Gasteiger partial charge in [0.2, 0.25) is 0 Å². The highest BCUT2D eigenvalue weighted by atomic mass is 79.9. The van der Waals surface area contributed by atoms with Gasteiger partial charge in [-0.3, -0.25) is 4.90 Å². The van der Waals surface area contributed by atoms with E-state index in [1.807, 2.05) is 11.3 Å². The molecule has 0 spiro atoms. The quantitative estimate of drug-likeness (QED) is 0.863. The van der Waals surface area contributed by atoms with Gasteiger partial charge < -0.3 is 5.73 Å². The lowest BCUT2D eigenvalue weighted by Crippen LogP contribution is -2.35. The molecule has 1 aromatic heterocycles. The molecule has 2 atom stereocenters. The van der Waals surface area contributed by atoms with Crippen molar-refractivity contribution in [1.29, 1.82) is 0 Å². The average Bonchev–Trinajstić information content (AvgIpc) is 2.96. The molecular formula is C17H21BrN2S. The lowest BCUT2D eigenvalue weighted by molar-refractivity contribution is 0.193. The highest BCUT2D eigenvalue weighted by Gasteiger charge is 2.24. The van der Waals surface area contributed by atoms with E-state index in [2.05, 4.69) is 63.5 Å². The second-order valence-electron chi connectivity index (χ2n) is 5.71. The van der Waals surface area contributed by atoms with Crippen LogP contribution >= 0.6 is 27.3 Å². The van der Waals surface area contributed by atoms with Gasteiger partial charge in [-0.25, -0.2) is 0 Å². The standard InChI is InChI=1S/C17H21BrN2S/c1-12-15-8-11-21-17(15)7-10-20(12)9-6-16(19)13-2-4-14(18)5-3-13/h2-5,8,11-12,16H,6-7,9-10,19H2,1H3. The SMILES string of the molecule is CC1c2ccsc2CCN1CCC(N)c1ccc(Br)cc1. The van der Waals surface area contributed by atoms with E-state index in [9.17, 15) is 0 Å². The Balaban J connectivity index is 1.59. The molecule has 0 amide bonds. The van der Waals surface area contributed by atoms with Gasteiger partial charge in [0, 0.05) is 34.5 Å². The smallest absolute Gasteiger partial charge is 0.0331 e. The first-order valence-corrected chi connectivity index (χ1v) is 9.14. The van der Waals surface area contributed by atoms with Crippen LogP contribution in [0.5, 0.6) is 0 Å². The Morgan fingerprint density at radius 3 is 2.86 bits per heavy atom. The second-order valence-corrected chi connectivity index (χ2v) is 7.62. The van der Waals surface area contributed by atoms with E-state index >= 15 is 0 Å². The molecule has 2 heterocycles. The van der Waals surface area contributed by atoms with Crippen molar-refractivity contribution in [3.8, 4) is 0 Å². The largest absolute Gasteiger partial charge is 0.324 e. The molecule has 0 radical (unpaired) electrons. The lowest BCUT2D eigenvalue weighted by atomic mass is 9.99. The summed E-state index contributed by atoms with van der Waals surface area (Å²) in [5.41, 5.74) is 9.08. The second kappa shape index (κ2) is 6.61. The average molecular weight is 365 g/mol. The summed E-state index contributed by atoms with van der Waals surface area (Å²) in [6.45, 7) is 4.53. The van der Waals surface area contributed by atoms with Crippen molar-refractivity contribution in [2.45, 2.75) is 31.8 Å². The van der Waals surface area contributed by atoms with E-state index in [0.717, 1.165) is 24.0 Å². The van der Waals surface area contributed by atoms with Crippen LogP contribution in [0.15, 0.2) is 40.2 Å². The summed E-state index contributed by atoms with van der Waals surface area (Å²) in [6.07, 6.45) is 2.19. The molecule has 3 rings (SSSR count). The van der Waals surface area contributed by atoms with E-state index in [1.165, 1.54) is 17.5 Å². The number of rotatable bonds is 4. The molecule has 4 heteroatoms. The van der Waals surface area contributed by atoms with Crippen LogP contribution in [-0.4, -0.2) is 18.0 Å². The molecule has 2 N–H and O–H groups in total. The highest BCUT2D eigenvalue weighted by molar-refractivity contribution is 9.10. The minimum atomic E-state index is 0.120. The lowest BCUT2D eigenvalue weighted by Gasteiger charge is -2.34.